The zero-order valence-electron chi connectivity index (χ0n) is 12.6. The van der Waals surface area contributed by atoms with Crippen LogP contribution < -0.4 is 11.1 Å². The summed E-state index contributed by atoms with van der Waals surface area (Å²) in [4.78, 5) is 23.3. The van der Waals surface area contributed by atoms with Crippen LogP contribution in [-0.4, -0.2) is 19.9 Å². The number of aromatic nitrogens is 3. The van der Waals surface area contributed by atoms with Gasteiger partial charge in [-0.1, -0.05) is 42.1 Å². The van der Waals surface area contributed by atoms with Gasteiger partial charge in [-0.15, -0.1) is 5.10 Å². The molecule has 7 nitrogen and oxygen atoms in total. The van der Waals surface area contributed by atoms with Gasteiger partial charge in [-0.05, 0) is 12.0 Å². The molecule has 24 heavy (non-hydrogen) atoms. The van der Waals surface area contributed by atoms with Gasteiger partial charge in [0, 0.05) is 12.6 Å². The molecule has 124 valence electrons. The fourth-order valence-corrected chi connectivity index (χ4v) is 3.01. The van der Waals surface area contributed by atoms with Gasteiger partial charge in [0.05, 0.1) is 5.75 Å². The first kappa shape index (κ1) is 16.1. The van der Waals surface area contributed by atoms with Crippen LogP contribution in [0.3, 0.4) is 0 Å². The molecular weight excluding hydrogens is 330 g/mol. The average molecular weight is 345 g/mol. The molecule has 0 atom stereocenters. The van der Waals surface area contributed by atoms with E-state index in [2.05, 4.69) is 10.2 Å². The number of nitrogens with zero attached hydrogens (tertiary/aromatic N) is 2. The van der Waals surface area contributed by atoms with Gasteiger partial charge in [-0.3, -0.25) is 9.36 Å². The van der Waals surface area contributed by atoms with Gasteiger partial charge < -0.3 is 9.52 Å². The van der Waals surface area contributed by atoms with Crippen LogP contribution in [0.25, 0.3) is 0 Å². The van der Waals surface area contributed by atoms with E-state index in [9.17, 15) is 14.7 Å². The Balaban J connectivity index is 1.69. The maximum Gasteiger partial charge on any atom is 0.343 e. The standard InChI is InChI=1S/C16H15N3O4S/c20-13-8-12(23-9-14(13)21)10-24-16-18-17-15(22)19(16)7-6-11-4-2-1-3-5-11/h1-5,8-9,21H,6-7,10H2,(H,17,22). The summed E-state index contributed by atoms with van der Waals surface area (Å²) < 4.78 is 6.69. The lowest BCUT2D eigenvalue weighted by Gasteiger charge is -2.05. The minimum absolute atomic E-state index is 0.277. The largest absolute Gasteiger partial charge is 0.502 e. The van der Waals surface area contributed by atoms with Gasteiger partial charge in [0.15, 0.2) is 10.9 Å². The van der Waals surface area contributed by atoms with Crippen molar-refractivity contribution in [2.75, 3.05) is 0 Å². The van der Waals surface area contributed by atoms with E-state index in [-0.39, 0.29) is 5.69 Å². The first-order chi connectivity index (χ1) is 11.6. The van der Waals surface area contributed by atoms with E-state index < -0.39 is 11.2 Å². The lowest BCUT2D eigenvalue weighted by atomic mass is 10.1. The summed E-state index contributed by atoms with van der Waals surface area (Å²) in [5.41, 5.74) is 0.354. The number of rotatable bonds is 6. The van der Waals surface area contributed by atoms with E-state index in [0.29, 0.717) is 29.6 Å². The van der Waals surface area contributed by atoms with Crippen molar-refractivity contribution < 1.29 is 9.52 Å². The molecule has 0 radical (unpaired) electrons. The third-order valence-corrected chi connectivity index (χ3v) is 4.40. The number of thioether (sulfide) groups is 1. The number of benzene rings is 1. The Morgan fingerprint density at radius 1 is 1.25 bits per heavy atom. The molecule has 0 amide bonds. The van der Waals surface area contributed by atoms with Crippen LogP contribution in [0.1, 0.15) is 11.3 Å². The number of aromatic amines is 1. The molecule has 2 N–H and O–H groups in total. The highest BCUT2D eigenvalue weighted by atomic mass is 32.2. The summed E-state index contributed by atoms with van der Waals surface area (Å²) in [6.07, 6.45) is 1.72. The van der Waals surface area contributed by atoms with Gasteiger partial charge in [0.25, 0.3) is 0 Å². The number of hydrogen-bond acceptors (Lipinski definition) is 6. The summed E-state index contributed by atoms with van der Waals surface area (Å²) in [5, 5.41) is 16.1. The maximum absolute atomic E-state index is 11.9. The monoisotopic (exact) mass is 345 g/mol. The Labute approximate surface area is 141 Å². The minimum Gasteiger partial charge on any atom is -0.502 e. The Kier molecular flexibility index (Phi) is 4.85. The van der Waals surface area contributed by atoms with Crippen molar-refractivity contribution in [2.24, 2.45) is 0 Å². The molecular formula is C16H15N3O4S. The van der Waals surface area contributed by atoms with Crippen molar-refractivity contribution in [2.45, 2.75) is 23.9 Å². The summed E-state index contributed by atoms with van der Waals surface area (Å²) in [5.74, 6) is 0.293. The zero-order valence-corrected chi connectivity index (χ0v) is 13.5. The summed E-state index contributed by atoms with van der Waals surface area (Å²) in [6, 6.07) is 11.1. The first-order valence-electron chi connectivity index (χ1n) is 7.26. The van der Waals surface area contributed by atoms with Crippen LogP contribution in [0, 0.1) is 0 Å². The smallest absolute Gasteiger partial charge is 0.343 e. The number of aryl methyl sites for hydroxylation is 1. The predicted octanol–water partition coefficient (Wildman–Crippen LogP) is 1.77. The lowest BCUT2D eigenvalue weighted by molar-refractivity contribution is 0.419. The predicted molar refractivity (Wildman–Crippen MR) is 89.2 cm³/mol. The molecule has 0 aliphatic carbocycles. The van der Waals surface area contributed by atoms with E-state index >= 15 is 0 Å². The summed E-state index contributed by atoms with van der Waals surface area (Å²) >= 11 is 1.28. The van der Waals surface area contributed by atoms with Crippen molar-refractivity contribution in [1.29, 1.82) is 0 Å². The molecule has 0 fully saturated rings. The fraction of sp³-hybridized carbons (Fsp3) is 0.188. The number of H-pyrrole nitrogens is 1. The number of hydrogen-bond donors (Lipinski definition) is 2. The molecule has 2 heterocycles. The van der Waals surface area contributed by atoms with Crippen LogP contribution in [0.2, 0.25) is 0 Å². The molecule has 3 aromatic rings. The summed E-state index contributed by atoms with van der Waals surface area (Å²) in [6.45, 7) is 0.501. The van der Waals surface area contributed by atoms with E-state index in [1.165, 1.54) is 17.8 Å². The van der Waals surface area contributed by atoms with Crippen molar-refractivity contribution >= 4 is 11.8 Å². The first-order valence-corrected chi connectivity index (χ1v) is 8.24. The normalized spacial score (nSPS) is 10.8. The van der Waals surface area contributed by atoms with Gasteiger partial charge in [0.1, 0.15) is 12.0 Å². The van der Waals surface area contributed by atoms with Crippen LogP contribution in [0.4, 0.5) is 0 Å². The maximum atomic E-state index is 11.9. The highest BCUT2D eigenvalue weighted by Crippen LogP contribution is 2.20. The van der Waals surface area contributed by atoms with Gasteiger partial charge in [-0.25, -0.2) is 9.89 Å². The van der Waals surface area contributed by atoms with Gasteiger partial charge in [-0.2, -0.15) is 0 Å². The summed E-state index contributed by atoms with van der Waals surface area (Å²) in [7, 11) is 0. The number of nitrogens with one attached hydrogen (secondary N) is 1. The second-order valence-corrected chi connectivity index (χ2v) is 6.03. The SMILES string of the molecule is O=c1cc(CSc2n[nH]c(=O)n2CCc2ccccc2)occ1O. The Morgan fingerprint density at radius 3 is 2.79 bits per heavy atom. The van der Waals surface area contributed by atoms with E-state index in [1.54, 1.807) is 4.57 Å². The molecule has 0 saturated heterocycles. The molecule has 0 spiro atoms. The average Bonchev–Trinajstić information content (AvgIpc) is 2.95. The third-order valence-electron chi connectivity index (χ3n) is 3.40. The highest BCUT2D eigenvalue weighted by molar-refractivity contribution is 7.98. The highest BCUT2D eigenvalue weighted by Gasteiger charge is 2.11. The second-order valence-electron chi connectivity index (χ2n) is 5.08. The molecule has 1 aromatic carbocycles. The second kappa shape index (κ2) is 7.22. The molecule has 0 saturated carbocycles. The number of aromatic hydroxyl groups is 1. The molecule has 0 unspecified atom stereocenters. The van der Waals surface area contributed by atoms with E-state index in [1.807, 2.05) is 30.3 Å². The quantitative estimate of drug-likeness (QED) is 0.660. The Morgan fingerprint density at radius 2 is 2.04 bits per heavy atom. The third kappa shape index (κ3) is 3.77. The molecule has 0 bridgehead atoms. The van der Waals surface area contributed by atoms with Crippen LogP contribution in [-0.2, 0) is 18.7 Å². The van der Waals surface area contributed by atoms with E-state index in [4.69, 9.17) is 4.42 Å². The van der Waals surface area contributed by atoms with Gasteiger partial charge >= 0.3 is 5.69 Å². The Hall–Kier alpha value is -2.74. The van der Waals surface area contributed by atoms with Crippen LogP contribution >= 0.6 is 11.8 Å². The lowest BCUT2D eigenvalue weighted by Crippen LogP contribution is -2.18. The van der Waals surface area contributed by atoms with E-state index in [0.717, 1.165) is 11.8 Å². The zero-order chi connectivity index (χ0) is 16.9. The van der Waals surface area contributed by atoms with Crippen LogP contribution in [0.5, 0.6) is 5.75 Å². The minimum atomic E-state index is -0.500. The molecule has 3 rings (SSSR count). The van der Waals surface area contributed by atoms with Gasteiger partial charge in [0.2, 0.25) is 5.43 Å². The molecule has 0 aliphatic rings. The molecule has 0 aliphatic heterocycles. The molecule has 2 aromatic heterocycles. The van der Waals surface area contributed by atoms with Crippen molar-refractivity contribution in [3.63, 3.8) is 0 Å². The topological polar surface area (TPSA) is 101 Å². The van der Waals surface area contributed by atoms with Crippen molar-refractivity contribution in [3.05, 3.63) is 74.7 Å². The Bertz CT molecular complexity index is 930. The fourth-order valence-electron chi connectivity index (χ4n) is 2.15. The van der Waals surface area contributed by atoms with Crippen LogP contribution in [0.15, 0.2) is 61.8 Å². The van der Waals surface area contributed by atoms with Crippen molar-refractivity contribution in [3.8, 4) is 5.75 Å². The molecule has 8 heteroatoms. The van der Waals surface area contributed by atoms with Crippen molar-refractivity contribution in [1.82, 2.24) is 14.8 Å².